The molecule has 0 aliphatic carbocycles. The molecule has 0 radical (unpaired) electrons. The molecule has 1 saturated heterocycles. The molecule has 1 aromatic heterocycles. The van der Waals surface area contributed by atoms with Gasteiger partial charge >= 0.3 is 0 Å². The van der Waals surface area contributed by atoms with Gasteiger partial charge in [-0.3, -0.25) is 0 Å². The molecule has 18 heavy (non-hydrogen) atoms. The van der Waals surface area contributed by atoms with Crippen LogP contribution in [0.15, 0.2) is 28.7 Å². The van der Waals surface area contributed by atoms with E-state index in [4.69, 9.17) is 4.42 Å². The Labute approximate surface area is 105 Å². The maximum Gasteiger partial charge on any atom is 0.170 e. The Morgan fingerprint density at radius 3 is 3.00 bits per heavy atom. The molecule has 1 fully saturated rings. The maximum atomic E-state index is 13.5. The zero-order chi connectivity index (χ0) is 12.5. The predicted octanol–water partition coefficient (Wildman–Crippen LogP) is 2.75. The van der Waals surface area contributed by atoms with E-state index in [1.54, 1.807) is 18.2 Å². The van der Waals surface area contributed by atoms with E-state index in [0.29, 0.717) is 11.1 Å². The van der Waals surface area contributed by atoms with Gasteiger partial charge in [-0.05, 0) is 31.5 Å². The van der Waals surface area contributed by atoms with Crippen molar-refractivity contribution in [1.82, 2.24) is 5.32 Å². The van der Waals surface area contributed by atoms with E-state index in [9.17, 15) is 9.50 Å². The van der Waals surface area contributed by atoms with Gasteiger partial charge in [-0.2, -0.15) is 0 Å². The summed E-state index contributed by atoms with van der Waals surface area (Å²) in [6.45, 7) is 0.913. The van der Waals surface area contributed by atoms with Gasteiger partial charge in [0.15, 0.2) is 11.4 Å². The van der Waals surface area contributed by atoms with Crippen LogP contribution in [-0.2, 0) is 0 Å². The van der Waals surface area contributed by atoms with E-state index in [1.807, 2.05) is 0 Å². The van der Waals surface area contributed by atoms with Crippen molar-refractivity contribution in [3.63, 3.8) is 0 Å². The van der Waals surface area contributed by atoms with Crippen LogP contribution >= 0.6 is 0 Å². The molecule has 4 heteroatoms. The topological polar surface area (TPSA) is 45.4 Å². The number of hydrogen-bond donors (Lipinski definition) is 2. The van der Waals surface area contributed by atoms with Gasteiger partial charge in [-0.15, -0.1) is 0 Å². The molecule has 2 atom stereocenters. The van der Waals surface area contributed by atoms with Crippen molar-refractivity contribution in [2.24, 2.45) is 0 Å². The number of benzene rings is 1. The first-order valence-electron chi connectivity index (χ1n) is 6.35. The molecule has 0 saturated carbocycles. The SMILES string of the molecule is OC(c1cc2cccc(F)c2o1)C1CCCCN1. The Morgan fingerprint density at radius 1 is 1.39 bits per heavy atom. The van der Waals surface area contributed by atoms with Gasteiger partial charge in [-0.1, -0.05) is 18.6 Å². The van der Waals surface area contributed by atoms with Crippen LogP contribution in [0.5, 0.6) is 0 Å². The maximum absolute atomic E-state index is 13.5. The highest BCUT2D eigenvalue weighted by Crippen LogP contribution is 2.29. The average Bonchev–Trinajstić information content (AvgIpc) is 2.84. The predicted molar refractivity (Wildman–Crippen MR) is 66.8 cm³/mol. The van der Waals surface area contributed by atoms with E-state index in [0.717, 1.165) is 25.8 Å². The first-order valence-corrected chi connectivity index (χ1v) is 6.35. The van der Waals surface area contributed by atoms with Crippen molar-refractivity contribution in [2.45, 2.75) is 31.4 Å². The zero-order valence-electron chi connectivity index (χ0n) is 10.0. The molecule has 2 aromatic rings. The monoisotopic (exact) mass is 249 g/mol. The molecule has 0 bridgehead atoms. The first-order chi connectivity index (χ1) is 8.75. The third-order valence-corrected chi connectivity index (χ3v) is 3.54. The number of aliphatic hydroxyl groups is 1. The summed E-state index contributed by atoms with van der Waals surface area (Å²) in [5, 5.41) is 14.2. The fourth-order valence-corrected chi connectivity index (χ4v) is 2.54. The molecule has 2 heterocycles. The lowest BCUT2D eigenvalue weighted by Crippen LogP contribution is -2.38. The molecule has 96 valence electrons. The molecule has 2 N–H and O–H groups in total. The second-order valence-electron chi connectivity index (χ2n) is 4.81. The van der Waals surface area contributed by atoms with Crippen LogP contribution in [-0.4, -0.2) is 17.7 Å². The molecule has 1 aliphatic rings. The highest BCUT2D eigenvalue weighted by atomic mass is 19.1. The van der Waals surface area contributed by atoms with Gasteiger partial charge < -0.3 is 14.8 Å². The molecule has 3 rings (SSSR count). The van der Waals surface area contributed by atoms with Crippen molar-refractivity contribution in [1.29, 1.82) is 0 Å². The minimum absolute atomic E-state index is 0.00220. The Kier molecular flexibility index (Phi) is 3.06. The molecule has 1 aliphatic heterocycles. The minimum atomic E-state index is -0.711. The number of hydrogen-bond acceptors (Lipinski definition) is 3. The van der Waals surface area contributed by atoms with Gasteiger partial charge in [0.2, 0.25) is 0 Å². The van der Waals surface area contributed by atoms with Crippen molar-refractivity contribution < 1.29 is 13.9 Å². The normalized spacial score (nSPS) is 22.2. The number of furan rings is 1. The van der Waals surface area contributed by atoms with E-state index in [1.165, 1.54) is 6.07 Å². The van der Waals surface area contributed by atoms with Crippen LogP contribution in [0.25, 0.3) is 11.0 Å². The van der Waals surface area contributed by atoms with Crippen molar-refractivity contribution in [3.8, 4) is 0 Å². The van der Waals surface area contributed by atoms with Crippen LogP contribution in [0.4, 0.5) is 4.39 Å². The number of para-hydroxylation sites is 1. The molecule has 0 amide bonds. The van der Waals surface area contributed by atoms with Crippen molar-refractivity contribution in [3.05, 3.63) is 35.8 Å². The molecule has 0 spiro atoms. The highest BCUT2D eigenvalue weighted by Gasteiger charge is 2.25. The quantitative estimate of drug-likeness (QED) is 0.860. The summed E-state index contributed by atoms with van der Waals surface area (Å²) in [4.78, 5) is 0. The molecule has 3 nitrogen and oxygen atoms in total. The molecule has 2 unspecified atom stereocenters. The van der Waals surface area contributed by atoms with Crippen molar-refractivity contribution >= 4 is 11.0 Å². The van der Waals surface area contributed by atoms with Gasteiger partial charge in [0, 0.05) is 11.4 Å². The standard InChI is InChI=1S/C14H16FNO2/c15-10-5-3-4-9-8-12(18-14(9)10)13(17)11-6-1-2-7-16-11/h3-5,8,11,13,16-17H,1-2,6-7H2. The summed E-state index contributed by atoms with van der Waals surface area (Å²) in [5.74, 6) is 0.0528. The number of aliphatic hydroxyl groups excluding tert-OH is 1. The first kappa shape index (κ1) is 11.7. The Balaban J connectivity index is 1.91. The molecule has 1 aromatic carbocycles. The van der Waals surface area contributed by atoms with E-state index in [-0.39, 0.29) is 17.4 Å². The lowest BCUT2D eigenvalue weighted by molar-refractivity contribution is 0.0939. The number of nitrogens with one attached hydrogen (secondary N) is 1. The smallest absolute Gasteiger partial charge is 0.170 e. The number of halogens is 1. The Hall–Kier alpha value is -1.39. The largest absolute Gasteiger partial charge is 0.455 e. The fourth-order valence-electron chi connectivity index (χ4n) is 2.54. The summed E-state index contributed by atoms with van der Waals surface area (Å²) in [5.41, 5.74) is 0.224. The minimum Gasteiger partial charge on any atom is -0.455 e. The second kappa shape index (κ2) is 4.71. The van der Waals surface area contributed by atoms with Gasteiger partial charge in [0.25, 0.3) is 0 Å². The number of piperidine rings is 1. The number of fused-ring (bicyclic) bond motifs is 1. The Bertz CT molecular complexity index is 546. The number of rotatable bonds is 2. The zero-order valence-corrected chi connectivity index (χ0v) is 10.0. The van der Waals surface area contributed by atoms with Crippen LogP contribution in [0.1, 0.15) is 31.1 Å². The van der Waals surface area contributed by atoms with E-state index >= 15 is 0 Å². The third-order valence-electron chi connectivity index (χ3n) is 3.54. The summed E-state index contributed by atoms with van der Waals surface area (Å²) in [7, 11) is 0. The van der Waals surface area contributed by atoms with Crippen LogP contribution in [0, 0.1) is 5.82 Å². The molecular weight excluding hydrogens is 233 g/mol. The fraction of sp³-hybridized carbons (Fsp3) is 0.429. The third kappa shape index (κ3) is 2.02. The lowest BCUT2D eigenvalue weighted by atomic mass is 9.98. The summed E-state index contributed by atoms with van der Waals surface area (Å²) < 4.78 is 19.0. The summed E-state index contributed by atoms with van der Waals surface area (Å²) >= 11 is 0. The van der Waals surface area contributed by atoms with Crippen molar-refractivity contribution in [2.75, 3.05) is 6.54 Å². The summed E-state index contributed by atoms with van der Waals surface area (Å²) in [6.07, 6.45) is 2.44. The van der Waals surface area contributed by atoms with Gasteiger partial charge in [-0.25, -0.2) is 4.39 Å². The summed E-state index contributed by atoms with van der Waals surface area (Å²) in [6, 6.07) is 6.51. The van der Waals surface area contributed by atoms with Gasteiger partial charge in [0.05, 0.1) is 0 Å². The van der Waals surface area contributed by atoms with E-state index < -0.39 is 6.10 Å². The molecular formula is C14H16FNO2. The Morgan fingerprint density at radius 2 is 2.28 bits per heavy atom. The van der Waals surface area contributed by atoms with Crippen LogP contribution < -0.4 is 5.32 Å². The van der Waals surface area contributed by atoms with Crippen LogP contribution in [0.2, 0.25) is 0 Å². The second-order valence-corrected chi connectivity index (χ2v) is 4.81. The van der Waals surface area contributed by atoms with E-state index in [2.05, 4.69) is 5.32 Å². The highest BCUT2D eigenvalue weighted by molar-refractivity contribution is 5.78. The van der Waals surface area contributed by atoms with Gasteiger partial charge in [0.1, 0.15) is 11.9 Å². The average molecular weight is 249 g/mol. The lowest BCUT2D eigenvalue weighted by Gasteiger charge is -2.26. The van der Waals surface area contributed by atoms with Crippen LogP contribution in [0.3, 0.4) is 0 Å².